The summed E-state index contributed by atoms with van der Waals surface area (Å²) in [5, 5.41) is 0. The van der Waals surface area contributed by atoms with Crippen molar-refractivity contribution in [1.29, 1.82) is 0 Å². The monoisotopic (exact) mass is 368 g/mol. The summed E-state index contributed by atoms with van der Waals surface area (Å²) in [5.41, 5.74) is 1.59. The second kappa shape index (κ2) is 5.45. The molecule has 0 unspecified atom stereocenters. The molecule has 0 aromatic heterocycles. The minimum Gasteiger partial charge on any atom is -0.474 e. The molecule has 0 N–H and O–H groups in total. The maximum absolute atomic E-state index is 6.33. The molecule has 5 rings (SSSR count). The van der Waals surface area contributed by atoms with Crippen molar-refractivity contribution in [2.45, 2.75) is 52.4 Å². The van der Waals surface area contributed by atoms with Crippen LogP contribution < -0.4 is 0 Å². The van der Waals surface area contributed by atoms with E-state index in [0.717, 1.165) is 26.1 Å². The third kappa shape index (κ3) is 2.27. The highest BCUT2D eigenvalue weighted by atomic mass is 32.2. The Morgan fingerprint density at radius 2 is 1.96 bits per heavy atom. The van der Waals surface area contributed by atoms with E-state index in [-0.39, 0.29) is 16.9 Å². The molecule has 1 aliphatic heterocycles. The summed E-state index contributed by atoms with van der Waals surface area (Å²) in [6.07, 6.45) is 6.72. The number of hydrogen-bond donors (Lipinski definition) is 0. The minimum absolute atomic E-state index is 0.0420. The Balaban J connectivity index is 1.76. The smallest absolute Gasteiger partial charge is 0.219 e. The Hall–Kier alpha value is -0.100. The lowest BCUT2D eigenvalue weighted by Gasteiger charge is -2.58. The molecule has 0 aromatic rings. The number of thiocarbonyl (C=S) groups is 1. The molecule has 2 bridgehead atoms. The van der Waals surface area contributed by atoms with E-state index in [4.69, 9.17) is 26.4 Å². The molecule has 4 aliphatic carbocycles. The highest BCUT2D eigenvalue weighted by molar-refractivity contribution is 8.22. The van der Waals surface area contributed by atoms with E-state index in [1.807, 2.05) is 6.26 Å². The standard InChI is InChI=1S/C19H28O3S2/c1-11-8-18(4)10-19(20-6-7-21-19)13(11)12-9-17(2,3)15(14(12)18)22-16(23)24-5/h8,12-15H,6-7,9-10H2,1-5H3/t12-,13+,14+,15-,18+/m1/s1. The highest BCUT2D eigenvalue weighted by Gasteiger charge is 2.70. The summed E-state index contributed by atoms with van der Waals surface area (Å²) >= 11 is 6.95. The van der Waals surface area contributed by atoms with E-state index in [0.29, 0.717) is 22.1 Å². The molecule has 5 heteroatoms. The fourth-order valence-corrected chi connectivity index (χ4v) is 6.69. The zero-order valence-electron chi connectivity index (χ0n) is 15.3. The van der Waals surface area contributed by atoms with E-state index in [9.17, 15) is 0 Å². The van der Waals surface area contributed by atoms with Gasteiger partial charge < -0.3 is 14.2 Å². The van der Waals surface area contributed by atoms with Crippen molar-refractivity contribution >= 4 is 28.4 Å². The molecule has 24 heavy (non-hydrogen) atoms. The van der Waals surface area contributed by atoms with Crippen LogP contribution in [0, 0.1) is 28.6 Å². The van der Waals surface area contributed by atoms with Crippen LogP contribution in [0.25, 0.3) is 0 Å². The van der Waals surface area contributed by atoms with Gasteiger partial charge in [-0.15, -0.1) is 0 Å². The van der Waals surface area contributed by atoms with Crippen molar-refractivity contribution in [3.63, 3.8) is 0 Å². The van der Waals surface area contributed by atoms with Gasteiger partial charge in [0, 0.05) is 23.7 Å². The first-order valence-corrected chi connectivity index (χ1v) is 10.6. The van der Waals surface area contributed by atoms with Gasteiger partial charge in [0.05, 0.1) is 13.2 Å². The van der Waals surface area contributed by atoms with Crippen molar-refractivity contribution in [3.05, 3.63) is 11.6 Å². The second-order valence-corrected chi connectivity index (χ2v) is 10.3. The lowest BCUT2D eigenvalue weighted by Crippen LogP contribution is -2.60. The van der Waals surface area contributed by atoms with Gasteiger partial charge >= 0.3 is 0 Å². The first-order chi connectivity index (χ1) is 11.2. The van der Waals surface area contributed by atoms with Gasteiger partial charge in [-0.3, -0.25) is 0 Å². The van der Waals surface area contributed by atoms with E-state index < -0.39 is 5.79 Å². The van der Waals surface area contributed by atoms with Crippen LogP contribution >= 0.6 is 24.0 Å². The van der Waals surface area contributed by atoms with Crippen molar-refractivity contribution in [2.75, 3.05) is 19.5 Å². The summed E-state index contributed by atoms with van der Waals surface area (Å²) < 4.78 is 19.5. The van der Waals surface area contributed by atoms with E-state index in [1.165, 1.54) is 17.3 Å². The van der Waals surface area contributed by atoms with Gasteiger partial charge in [0.15, 0.2) is 5.79 Å². The van der Waals surface area contributed by atoms with Crippen molar-refractivity contribution < 1.29 is 14.2 Å². The van der Waals surface area contributed by atoms with Gasteiger partial charge in [0.1, 0.15) is 6.10 Å². The van der Waals surface area contributed by atoms with E-state index in [2.05, 4.69) is 33.8 Å². The fourth-order valence-electron chi connectivity index (χ4n) is 6.38. The average molecular weight is 369 g/mol. The molecule has 134 valence electrons. The Morgan fingerprint density at radius 1 is 1.29 bits per heavy atom. The predicted octanol–water partition coefficient (Wildman–Crippen LogP) is 4.41. The molecule has 5 atom stereocenters. The molecule has 3 fully saturated rings. The Kier molecular flexibility index (Phi) is 3.93. The third-order valence-corrected chi connectivity index (χ3v) is 7.85. The molecule has 1 spiro atoms. The third-order valence-electron chi connectivity index (χ3n) is 6.82. The molecular formula is C19H28O3S2. The number of ether oxygens (including phenoxy) is 3. The largest absolute Gasteiger partial charge is 0.474 e. The first kappa shape index (κ1) is 17.3. The number of thioether (sulfide) groups is 1. The molecule has 3 nitrogen and oxygen atoms in total. The molecule has 0 aromatic carbocycles. The van der Waals surface area contributed by atoms with Crippen LogP contribution in [0.2, 0.25) is 0 Å². The van der Waals surface area contributed by atoms with Crippen LogP contribution in [0.5, 0.6) is 0 Å². The Bertz CT molecular complexity index is 593. The van der Waals surface area contributed by atoms with Gasteiger partial charge in [-0.1, -0.05) is 44.2 Å². The summed E-state index contributed by atoms with van der Waals surface area (Å²) in [4.78, 5) is 0. The highest BCUT2D eigenvalue weighted by Crippen LogP contribution is 2.69. The summed E-state index contributed by atoms with van der Waals surface area (Å²) in [5.74, 6) is 0.962. The van der Waals surface area contributed by atoms with Crippen LogP contribution in [-0.2, 0) is 14.2 Å². The SMILES string of the molecule is CSC(=S)O[C@@H]1[C@@H]2[C@H](CC1(C)C)[C@@H]1C(C)=C[C@@]2(C)CC12OCCO2. The molecule has 0 radical (unpaired) electrons. The average Bonchev–Trinajstić information content (AvgIpc) is 3.01. The fraction of sp³-hybridized carbons (Fsp3) is 0.842. The molecule has 1 saturated heterocycles. The van der Waals surface area contributed by atoms with Crippen molar-refractivity contribution in [1.82, 2.24) is 0 Å². The molecule has 0 amide bonds. The molecule has 5 aliphatic rings. The molecule has 1 heterocycles. The lowest BCUT2D eigenvalue weighted by molar-refractivity contribution is -0.255. The van der Waals surface area contributed by atoms with Crippen LogP contribution in [0.3, 0.4) is 0 Å². The number of rotatable bonds is 1. The van der Waals surface area contributed by atoms with Gasteiger partial charge in [-0.2, -0.15) is 0 Å². The molecular weight excluding hydrogens is 340 g/mol. The maximum atomic E-state index is 6.33. The van der Waals surface area contributed by atoms with Crippen molar-refractivity contribution in [2.24, 2.45) is 28.6 Å². The van der Waals surface area contributed by atoms with Gasteiger partial charge in [0.25, 0.3) is 0 Å². The maximum Gasteiger partial charge on any atom is 0.219 e. The predicted molar refractivity (Wildman–Crippen MR) is 101 cm³/mol. The number of hydrogen-bond acceptors (Lipinski definition) is 5. The zero-order valence-corrected chi connectivity index (χ0v) is 16.9. The number of allylic oxidation sites excluding steroid dienone is 1. The first-order valence-electron chi connectivity index (χ1n) is 8.94. The van der Waals surface area contributed by atoms with Crippen LogP contribution in [0.1, 0.15) is 40.5 Å². The van der Waals surface area contributed by atoms with Gasteiger partial charge in [-0.05, 0) is 43.2 Å². The van der Waals surface area contributed by atoms with Gasteiger partial charge in [0.2, 0.25) is 4.38 Å². The van der Waals surface area contributed by atoms with Crippen LogP contribution in [-0.4, -0.2) is 35.7 Å². The van der Waals surface area contributed by atoms with Crippen molar-refractivity contribution in [3.8, 4) is 0 Å². The zero-order chi connectivity index (χ0) is 17.3. The van der Waals surface area contributed by atoms with Crippen LogP contribution in [0.4, 0.5) is 0 Å². The van der Waals surface area contributed by atoms with Gasteiger partial charge in [-0.25, -0.2) is 0 Å². The quantitative estimate of drug-likeness (QED) is 0.505. The summed E-state index contributed by atoms with van der Waals surface area (Å²) in [6.45, 7) is 10.7. The van der Waals surface area contributed by atoms with E-state index >= 15 is 0 Å². The topological polar surface area (TPSA) is 27.7 Å². The lowest BCUT2D eigenvalue weighted by atomic mass is 9.51. The second-order valence-electron chi connectivity index (χ2n) is 8.93. The Labute approximate surface area is 154 Å². The van der Waals surface area contributed by atoms with Crippen LogP contribution in [0.15, 0.2) is 11.6 Å². The Morgan fingerprint density at radius 3 is 2.58 bits per heavy atom. The van der Waals surface area contributed by atoms with E-state index in [1.54, 1.807) is 0 Å². The minimum atomic E-state index is -0.403. The summed E-state index contributed by atoms with van der Waals surface area (Å²) in [7, 11) is 0. The normalized spacial score (nSPS) is 44.5. The summed E-state index contributed by atoms with van der Waals surface area (Å²) in [6, 6.07) is 0. The molecule has 2 saturated carbocycles.